The first-order valence-electron chi connectivity index (χ1n) is 11.8. The Kier molecular flexibility index (Phi) is 5.03. The first kappa shape index (κ1) is 22.3. The van der Waals surface area contributed by atoms with E-state index in [-0.39, 0.29) is 0 Å². The SMILES string of the molecule is Bc1c(B)c(B)c2c(c1B)c1c(B)c(Br)c(B)c(B)c1n2-c1cccc2c1sc1ccccc12. The van der Waals surface area contributed by atoms with Crippen molar-refractivity contribution < 1.29 is 0 Å². The lowest BCUT2D eigenvalue weighted by molar-refractivity contribution is 1.21. The van der Waals surface area contributed by atoms with Crippen LogP contribution >= 0.6 is 27.3 Å². The molecule has 2 aromatic heterocycles. The molecule has 0 fully saturated rings. The lowest BCUT2D eigenvalue weighted by atomic mass is 9.65. The van der Waals surface area contributed by atoms with Gasteiger partial charge in [-0.15, -0.1) is 16.8 Å². The van der Waals surface area contributed by atoms with E-state index < -0.39 is 0 Å². The van der Waals surface area contributed by atoms with Gasteiger partial charge in [-0.1, -0.05) is 79.0 Å². The van der Waals surface area contributed by atoms with Crippen LogP contribution in [0.1, 0.15) is 0 Å². The van der Waals surface area contributed by atoms with Gasteiger partial charge in [-0.05, 0) is 17.5 Å². The summed E-state index contributed by atoms with van der Waals surface area (Å²) in [6.07, 6.45) is 0. The molecule has 1 nitrogen and oxygen atoms in total. The van der Waals surface area contributed by atoms with Crippen LogP contribution in [0.5, 0.6) is 0 Å². The molecule has 0 amide bonds. The fourth-order valence-electron chi connectivity index (χ4n) is 5.82. The van der Waals surface area contributed by atoms with Crippen LogP contribution in [0.25, 0.3) is 47.7 Å². The van der Waals surface area contributed by atoms with Crippen LogP contribution < -0.4 is 38.2 Å². The summed E-state index contributed by atoms with van der Waals surface area (Å²) in [5.41, 5.74) is 13.5. The number of hydrogen-bond donors (Lipinski definition) is 0. The van der Waals surface area contributed by atoms with E-state index in [1.54, 1.807) is 0 Å². The molecule has 0 aliphatic rings. The number of benzene rings is 4. The number of aromatic nitrogens is 1. The fraction of sp³-hybridized carbons (Fsp3) is 0. The van der Waals surface area contributed by atoms with Gasteiger partial charge in [0, 0.05) is 36.4 Å². The van der Waals surface area contributed by atoms with Crippen LogP contribution in [-0.2, 0) is 0 Å². The molecule has 10 heteroatoms. The number of fused-ring (bicyclic) bond motifs is 6. The number of hydrogen-bond acceptors (Lipinski definition) is 1. The molecule has 0 saturated carbocycles. The molecule has 6 rings (SSSR count). The van der Waals surface area contributed by atoms with Crippen LogP contribution in [0, 0.1) is 0 Å². The largest absolute Gasteiger partial charge is 0.309 e. The second-order valence-corrected chi connectivity index (χ2v) is 11.6. The van der Waals surface area contributed by atoms with Gasteiger partial charge in [0.05, 0.1) is 10.4 Å². The molecule has 0 unspecified atom stereocenters. The van der Waals surface area contributed by atoms with Gasteiger partial charge in [0.1, 0.15) is 54.9 Å². The van der Waals surface area contributed by atoms with Crippen molar-refractivity contribution in [3.63, 3.8) is 0 Å². The van der Waals surface area contributed by atoms with Crippen LogP contribution in [0.15, 0.2) is 46.9 Å². The molecule has 0 spiro atoms. The second-order valence-electron chi connectivity index (χ2n) is 9.72. The number of rotatable bonds is 1. The van der Waals surface area contributed by atoms with Gasteiger partial charge in [0.15, 0.2) is 0 Å². The summed E-state index contributed by atoms with van der Waals surface area (Å²) in [5, 5.41) is 5.47. The van der Waals surface area contributed by atoms with Crippen molar-refractivity contribution in [1.29, 1.82) is 0 Å². The molecule has 0 saturated heterocycles. The third-order valence-electron chi connectivity index (χ3n) is 8.16. The maximum atomic E-state index is 3.93. The molecule has 0 aliphatic carbocycles. The van der Waals surface area contributed by atoms with Gasteiger partial charge in [-0.2, -0.15) is 0 Å². The molecule has 0 atom stereocenters. The third kappa shape index (κ3) is 2.76. The lowest BCUT2D eigenvalue weighted by Crippen LogP contribution is -2.48. The van der Waals surface area contributed by atoms with Gasteiger partial charge >= 0.3 is 0 Å². The van der Waals surface area contributed by atoms with Crippen molar-refractivity contribution in [2.24, 2.45) is 0 Å². The Morgan fingerprint density at radius 3 is 1.91 bits per heavy atom. The molecule has 34 heavy (non-hydrogen) atoms. The summed E-state index contributed by atoms with van der Waals surface area (Å²) in [5.74, 6) is 0. The van der Waals surface area contributed by atoms with Gasteiger partial charge in [0.25, 0.3) is 0 Å². The number of thiophene rings is 1. The highest BCUT2D eigenvalue weighted by Gasteiger charge is 2.24. The summed E-state index contributed by atoms with van der Waals surface area (Å²) in [7, 11) is 16.0. The molecule has 4 aromatic carbocycles. The maximum Gasteiger partial charge on any atom is 0.141 e. The smallest absolute Gasteiger partial charge is 0.141 e. The Balaban J connectivity index is 1.96. The van der Waals surface area contributed by atoms with Crippen LogP contribution in [-0.4, -0.2) is 59.5 Å². The molecule has 6 aromatic rings. The topological polar surface area (TPSA) is 4.93 Å². The number of nitrogens with zero attached hydrogens (tertiary/aromatic N) is 1. The summed E-state index contributed by atoms with van der Waals surface area (Å²) in [6.45, 7) is 0. The van der Waals surface area contributed by atoms with E-state index in [0.717, 1.165) is 0 Å². The zero-order valence-electron chi connectivity index (χ0n) is 20.8. The first-order chi connectivity index (χ1) is 16.2. The molecule has 2 heterocycles. The highest BCUT2D eigenvalue weighted by Crippen LogP contribution is 2.39. The minimum atomic E-state index is 1.23. The Morgan fingerprint density at radius 1 is 0.588 bits per heavy atom. The quantitative estimate of drug-likeness (QED) is 0.197. The van der Waals surface area contributed by atoms with E-state index in [9.17, 15) is 0 Å². The van der Waals surface area contributed by atoms with Crippen molar-refractivity contribution in [2.45, 2.75) is 0 Å². The average molecular weight is 511 g/mol. The molecule has 156 valence electrons. The highest BCUT2D eigenvalue weighted by molar-refractivity contribution is 9.10. The van der Waals surface area contributed by atoms with Crippen LogP contribution in [0.2, 0.25) is 0 Å². The van der Waals surface area contributed by atoms with E-state index in [1.165, 1.54) is 90.4 Å². The first-order valence-corrected chi connectivity index (χ1v) is 13.4. The van der Waals surface area contributed by atoms with E-state index in [2.05, 4.69) is 118 Å². The van der Waals surface area contributed by atoms with Crippen molar-refractivity contribution in [2.75, 3.05) is 0 Å². The summed E-state index contributed by atoms with van der Waals surface area (Å²) >= 11 is 5.84. The Bertz CT molecular complexity index is 1780. The monoisotopic (exact) mass is 511 g/mol. The molecule has 0 aliphatic heterocycles. The minimum Gasteiger partial charge on any atom is -0.309 e. The van der Waals surface area contributed by atoms with Crippen LogP contribution in [0.4, 0.5) is 0 Å². The zero-order valence-corrected chi connectivity index (χ0v) is 23.2. The lowest BCUT2D eigenvalue weighted by Gasteiger charge is -2.17. The van der Waals surface area contributed by atoms with E-state index in [0.29, 0.717) is 0 Å². The summed E-state index contributed by atoms with van der Waals surface area (Å²) < 4.78 is 6.51. The Labute approximate surface area is 218 Å². The molecule has 0 N–H and O–H groups in total. The molecule has 0 bridgehead atoms. The van der Waals surface area contributed by atoms with Gasteiger partial charge in [-0.3, -0.25) is 0 Å². The second kappa shape index (κ2) is 7.67. The van der Waals surface area contributed by atoms with Gasteiger partial charge in [0.2, 0.25) is 0 Å². The standard InChI is InChI=1S/C24H21B7BrNS/c25-14-12-13-15(26)21(32)18(29)20(31)23(13)33(22(12)19(30)17(28)16(14)27)10-6-3-5-9-8-4-1-2-7-11(8)34-24(9)10/h1-7H,25-31H2. The van der Waals surface area contributed by atoms with Crippen LogP contribution in [0.3, 0.4) is 0 Å². The van der Waals surface area contributed by atoms with Crippen molar-refractivity contribution in [3.8, 4) is 5.69 Å². The third-order valence-corrected chi connectivity index (χ3v) is 10.6. The zero-order chi connectivity index (χ0) is 24.0. The Morgan fingerprint density at radius 2 is 1.18 bits per heavy atom. The highest BCUT2D eigenvalue weighted by atomic mass is 79.9. The summed E-state index contributed by atoms with van der Waals surface area (Å²) in [6, 6.07) is 15.6. The number of halogens is 1. The summed E-state index contributed by atoms with van der Waals surface area (Å²) in [4.78, 5) is 0. The van der Waals surface area contributed by atoms with Crippen molar-refractivity contribution in [1.82, 2.24) is 4.57 Å². The fourth-order valence-corrected chi connectivity index (χ4v) is 7.52. The van der Waals surface area contributed by atoms with Crippen molar-refractivity contribution in [3.05, 3.63) is 46.9 Å². The predicted molar refractivity (Wildman–Crippen MR) is 179 cm³/mol. The minimum absolute atomic E-state index is 1.23. The maximum absolute atomic E-state index is 3.93. The van der Waals surface area contributed by atoms with Crippen molar-refractivity contribution >= 4 is 162 Å². The van der Waals surface area contributed by atoms with Gasteiger partial charge < -0.3 is 4.57 Å². The van der Waals surface area contributed by atoms with E-state index in [4.69, 9.17) is 0 Å². The van der Waals surface area contributed by atoms with E-state index in [1.807, 2.05) is 11.3 Å². The Hall–Kier alpha value is -2.17. The predicted octanol–water partition coefficient (Wildman–Crippen LogP) is -4.28. The normalized spacial score (nSPS) is 11.9. The van der Waals surface area contributed by atoms with Gasteiger partial charge in [-0.25, -0.2) is 0 Å². The molecular formula is C24H21B7BrNS. The molecule has 0 radical (unpaired) electrons. The van der Waals surface area contributed by atoms with E-state index >= 15 is 0 Å². The molecular weight excluding hydrogens is 490 g/mol. The average Bonchev–Trinajstić information content (AvgIpc) is 3.40.